The predicted octanol–water partition coefficient (Wildman–Crippen LogP) is 6.88. The number of benzene rings is 2. The van der Waals surface area contributed by atoms with Gasteiger partial charge in [0.15, 0.2) is 9.84 Å². The van der Waals surface area contributed by atoms with Crippen LogP contribution in [0.5, 0.6) is 17.4 Å². The Bertz CT molecular complexity index is 1670. The van der Waals surface area contributed by atoms with Gasteiger partial charge in [-0.15, -0.1) is 11.3 Å². The Hall–Kier alpha value is -3.35. The highest BCUT2D eigenvalue weighted by molar-refractivity contribution is 7.90. The number of anilines is 1. The van der Waals surface area contributed by atoms with Crippen molar-refractivity contribution in [3.63, 3.8) is 0 Å². The number of rotatable bonds is 5. The van der Waals surface area contributed by atoms with E-state index < -0.39 is 38.5 Å². The number of thiophene rings is 1. The number of nitrogens with zero attached hydrogens (tertiary/aromatic N) is 1. The average Bonchev–Trinajstić information content (AvgIpc) is 3.24. The lowest BCUT2D eigenvalue weighted by Gasteiger charge is -2.24. The smallest absolute Gasteiger partial charge is 0.419 e. The molecule has 2 aromatic carbocycles. The number of carbonyl (C=O) groups is 1. The van der Waals surface area contributed by atoms with E-state index in [1.165, 1.54) is 41.9 Å². The van der Waals surface area contributed by atoms with Crippen LogP contribution in [0.3, 0.4) is 0 Å². The standard InChI is InChI=1S/C25H18ClF3N2O5S2/c1-38(33,34)21-6-7-35-18-12-19-13(8-15(18)21)9-20(37-19)24(32)30-14-10-22(26)31-23(11-14)36-17-5-3-2-4-16(17)25(27,28)29/h2-5,8-12,21H,6-7H2,1H3,(H,30,31,32). The van der Waals surface area contributed by atoms with Gasteiger partial charge >= 0.3 is 6.18 Å². The van der Waals surface area contributed by atoms with Crippen molar-refractivity contribution in [3.05, 3.63) is 75.8 Å². The molecule has 38 heavy (non-hydrogen) atoms. The monoisotopic (exact) mass is 582 g/mol. The van der Waals surface area contributed by atoms with Crippen molar-refractivity contribution in [1.82, 2.24) is 4.98 Å². The third-order valence-electron chi connectivity index (χ3n) is 5.81. The number of alkyl halides is 3. The van der Waals surface area contributed by atoms with Crippen molar-refractivity contribution in [2.45, 2.75) is 17.8 Å². The molecule has 0 bridgehead atoms. The van der Waals surface area contributed by atoms with Gasteiger partial charge in [0.2, 0.25) is 5.88 Å². The van der Waals surface area contributed by atoms with Crippen LogP contribution in [0.25, 0.3) is 10.1 Å². The zero-order valence-electron chi connectivity index (χ0n) is 19.5. The van der Waals surface area contributed by atoms with Crippen molar-refractivity contribution in [3.8, 4) is 17.4 Å². The highest BCUT2D eigenvalue weighted by Crippen LogP contribution is 2.42. The van der Waals surface area contributed by atoms with Crippen LogP contribution in [-0.2, 0) is 16.0 Å². The second-order valence-electron chi connectivity index (χ2n) is 8.56. The maximum Gasteiger partial charge on any atom is 0.419 e. The lowest BCUT2D eigenvalue weighted by Crippen LogP contribution is -2.20. The molecule has 198 valence electrons. The topological polar surface area (TPSA) is 94.6 Å². The van der Waals surface area contributed by atoms with Gasteiger partial charge in [-0.3, -0.25) is 4.79 Å². The number of para-hydroxylation sites is 1. The van der Waals surface area contributed by atoms with Crippen LogP contribution in [0.15, 0.2) is 54.6 Å². The quantitative estimate of drug-likeness (QED) is 0.258. The number of aromatic nitrogens is 1. The molecular formula is C25H18ClF3N2O5S2. The van der Waals surface area contributed by atoms with Crippen LogP contribution in [0.1, 0.15) is 32.5 Å². The maximum atomic E-state index is 13.3. The number of halogens is 4. The number of fused-ring (bicyclic) bond motifs is 2. The van der Waals surface area contributed by atoms with Crippen molar-refractivity contribution >= 4 is 54.5 Å². The predicted molar refractivity (Wildman–Crippen MR) is 138 cm³/mol. The first-order chi connectivity index (χ1) is 17.9. The summed E-state index contributed by atoms with van der Waals surface area (Å²) in [6, 6.07) is 12.3. The van der Waals surface area contributed by atoms with Crippen molar-refractivity contribution in [1.29, 1.82) is 0 Å². The van der Waals surface area contributed by atoms with Gasteiger partial charge in [-0.05, 0) is 41.8 Å². The molecule has 1 N–H and O–H groups in total. The van der Waals surface area contributed by atoms with Gasteiger partial charge in [0, 0.05) is 34.7 Å². The molecule has 13 heteroatoms. The van der Waals surface area contributed by atoms with Crippen LogP contribution in [-0.4, -0.2) is 32.2 Å². The van der Waals surface area contributed by atoms with Crippen LogP contribution in [0, 0.1) is 0 Å². The van der Waals surface area contributed by atoms with E-state index in [-0.39, 0.29) is 23.3 Å². The summed E-state index contributed by atoms with van der Waals surface area (Å²) in [5.41, 5.74) is -0.271. The summed E-state index contributed by atoms with van der Waals surface area (Å²) in [7, 11) is -3.35. The first kappa shape index (κ1) is 26.3. The number of hydrogen-bond acceptors (Lipinski definition) is 7. The molecule has 3 heterocycles. The zero-order valence-corrected chi connectivity index (χ0v) is 21.9. The lowest BCUT2D eigenvalue weighted by molar-refractivity contribution is -0.138. The Labute approximate surface area is 224 Å². The second kappa shape index (κ2) is 9.75. The van der Waals surface area contributed by atoms with E-state index >= 15 is 0 Å². The summed E-state index contributed by atoms with van der Waals surface area (Å²) in [6.45, 7) is 0.273. The van der Waals surface area contributed by atoms with Gasteiger partial charge in [-0.1, -0.05) is 23.7 Å². The third-order valence-corrected chi connectivity index (χ3v) is 8.62. The largest absolute Gasteiger partial charge is 0.493 e. The Morgan fingerprint density at radius 2 is 1.95 bits per heavy atom. The van der Waals surface area contributed by atoms with Crippen molar-refractivity contribution in [2.75, 3.05) is 18.2 Å². The number of nitrogens with one attached hydrogen (secondary N) is 1. The second-order valence-corrected chi connectivity index (χ2v) is 12.3. The van der Waals surface area contributed by atoms with Gasteiger partial charge in [-0.2, -0.15) is 13.2 Å². The zero-order chi connectivity index (χ0) is 27.2. The first-order valence-corrected chi connectivity index (χ1v) is 14.3. The number of hydrogen-bond donors (Lipinski definition) is 1. The van der Waals surface area contributed by atoms with Crippen molar-refractivity contribution in [2.24, 2.45) is 0 Å². The minimum atomic E-state index is -4.64. The summed E-state index contributed by atoms with van der Waals surface area (Å²) in [6.07, 6.45) is -3.11. The molecule has 1 atom stereocenters. The number of sulfone groups is 1. The molecule has 2 aromatic heterocycles. The SMILES string of the molecule is CS(=O)(=O)C1CCOc2cc3sc(C(=O)Nc4cc(Cl)nc(Oc5ccccc5C(F)(F)F)c4)cc3cc21. The van der Waals surface area contributed by atoms with Gasteiger partial charge in [0.05, 0.1) is 22.3 Å². The summed E-state index contributed by atoms with van der Waals surface area (Å²) in [5.74, 6) is -0.740. The highest BCUT2D eigenvalue weighted by Gasteiger charge is 2.34. The normalized spacial score (nSPS) is 15.6. The Balaban J connectivity index is 1.41. The fourth-order valence-corrected chi connectivity index (χ4v) is 6.48. The molecule has 0 radical (unpaired) electrons. The van der Waals surface area contributed by atoms with Crippen molar-refractivity contribution < 1.29 is 35.9 Å². The number of pyridine rings is 1. The van der Waals surface area contributed by atoms with Gasteiger partial charge in [0.25, 0.3) is 5.91 Å². The highest BCUT2D eigenvalue weighted by atomic mass is 35.5. The molecule has 1 unspecified atom stereocenters. The summed E-state index contributed by atoms with van der Waals surface area (Å²) in [5, 5.41) is 2.54. The number of ether oxygens (including phenoxy) is 2. The van der Waals surface area contributed by atoms with Gasteiger partial charge in [0.1, 0.15) is 16.7 Å². The molecule has 1 aliphatic rings. The van der Waals surface area contributed by atoms with E-state index in [4.69, 9.17) is 21.1 Å². The van der Waals surface area contributed by atoms with Crippen LogP contribution in [0.2, 0.25) is 5.15 Å². The summed E-state index contributed by atoms with van der Waals surface area (Å²) < 4.78 is 76.2. The molecule has 0 saturated heterocycles. The van der Waals surface area contributed by atoms with E-state index in [0.717, 1.165) is 16.8 Å². The van der Waals surface area contributed by atoms with E-state index in [2.05, 4.69) is 10.3 Å². The fourth-order valence-electron chi connectivity index (χ4n) is 4.14. The molecule has 1 aliphatic heterocycles. The molecule has 0 saturated carbocycles. The van der Waals surface area contributed by atoms with Gasteiger partial charge in [-0.25, -0.2) is 13.4 Å². The summed E-state index contributed by atoms with van der Waals surface area (Å²) in [4.78, 5) is 17.2. The van der Waals surface area contributed by atoms with E-state index in [0.29, 0.717) is 28.0 Å². The fraction of sp³-hybridized carbons (Fsp3) is 0.200. The van der Waals surface area contributed by atoms with Crippen LogP contribution < -0.4 is 14.8 Å². The average molecular weight is 583 g/mol. The van der Waals surface area contributed by atoms with Crippen LogP contribution >= 0.6 is 22.9 Å². The lowest BCUT2D eigenvalue weighted by atomic mass is 10.0. The Morgan fingerprint density at radius 3 is 2.68 bits per heavy atom. The summed E-state index contributed by atoms with van der Waals surface area (Å²) >= 11 is 7.21. The van der Waals surface area contributed by atoms with E-state index in [9.17, 15) is 26.4 Å². The van der Waals surface area contributed by atoms with Gasteiger partial charge < -0.3 is 14.8 Å². The number of amides is 1. The third kappa shape index (κ3) is 5.42. The molecule has 4 aromatic rings. The van der Waals surface area contributed by atoms with Crippen LogP contribution in [0.4, 0.5) is 18.9 Å². The Kier molecular flexibility index (Phi) is 6.74. The molecule has 1 amide bonds. The first-order valence-electron chi connectivity index (χ1n) is 11.1. The van der Waals surface area contributed by atoms with E-state index in [1.54, 1.807) is 18.2 Å². The molecule has 0 fully saturated rings. The maximum absolute atomic E-state index is 13.3. The molecule has 0 spiro atoms. The van der Waals surface area contributed by atoms with E-state index in [1.807, 2.05) is 0 Å². The molecule has 5 rings (SSSR count). The minimum absolute atomic E-state index is 0.102. The molecule has 7 nitrogen and oxygen atoms in total. The number of carbonyl (C=O) groups excluding carboxylic acids is 1. The molecule has 0 aliphatic carbocycles. The minimum Gasteiger partial charge on any atom is -0.493 e. The Morgan fingerprint density at radius 1 is 1.18 bits per heavy atom. The molecular weight excluding hydrogens is 565 g/mol.